The minimum Gasteiger partial charge on any atom is -0.493 e. The molecule has 2 rings (SSSR count). The Kier molecular flexibility index (Phi) is 9.47. The van der Waals surface area contributed by atoms with E-state index in [1.54, 1.807) is 14.2 Å². The van der Waals surface area contributed by atoms with E-state index < -0.39 is 9.84 Å². The van der Waals surface area contributed by atoms with Crippen LogP contribution in [0, 0.1) is 0 Å². The summed E-state index contributed by atoms with van der Waals surface area (Å²) in [5.41, 5.74) is 0.812. The van der Waals surface area contributed by atoms with Crippen LogP contribution >= 0.6 is 0 Å². The van der Waals surface area contributed by atoms with Crippen LogP contribution in [0.2, 0.25) is 0 Å². The summed E-state index contributed by atoms with van der Waals surface area (Å²) in [4.78, 5) is 4.17. The number of methoxy groups -OCH3 is 1. The van der Waals surface area contributed by atoms with Gasteiger partial charge in [0.1, 0.15) is 6.10 Å². The normalized spacial score (nSPS) is 12.8. The molecule has 2 aromatic rings. The monoisotopic (exact) mass is 433 g/mol. The van der Waals surface area contributed by atoms with Gasteiger partial charge in [-0.05, 0) is 31.0 Å². The Balaban J connectivity index is 1.70. The molecule has 164 valence electrons. The quantitative estimate of drug-likeness (QED) is 0.322. The van der Waals surface area contributed by atoms with E-state index in [0.717, 1.165) is 5.56 Å². The van der Waals surface area contributed by atoms with Crippen LogP contribution in [0.4, 0.5) is 0 Å². The Morgan fingerprint density at radius 1 is 1.03 bits per heavy atom. The topological polar surface area (TPSA) is 89.0 Å². The molecule has 0 saturated carbocycles. The molecule has 7 nitrogen and oxygen atoms in total. The van der Waals surface area contributed by atoms with Crippen molar-refractivity contribution < 1.29 is 17.9 Å². The fourth-order valence-corrected chi connectivity index (χ4v) is 4.26. The lowest BCUT2D eigenvalue weighted by molar-refractivity contribution is 0.213. The van der Waals surface area contributed by atoms with E-state index in [1.165, 1.54) is 0 Å². The molecule has 0 amide bonds. The van der Waals surface area contributed by atoms with Crippen molar-refractivity contribution in [2.75, 3.05) is 33.0 Å². The molecule has 0 aliphatic carbocycles. The number of ether oxygens (including phenoxy) is 2. The van der Waals surface area contributed by atoms with E-state index in [2.05, 4.69) is 15.6 Å². The van der Waals surface area contributed by atoms with Crippen molar-refractivity contribution in [2.45, 2.75) is 25.2 Å². The Morgan fingerprint density at radius 2 is 1.70 bits per heavy atom. The summed E-state index contributed by atoms with van der Waals surface area (Å²) in [6.07, 6.45) is 0.384. The number of benzene rings is 2. The van der Waals surface area contributed by atoms with Gasteiger partial charge in [-0.1, -0.05) is 42.5 Å². The highest BCUT2D eigenvalue weighted by atomic mass is 32.2. The van der Waals surface area contributed by atoms with Gasteiger partial charge >= 0.3 is 0 Å². The van der Waals surface area contributed by atoms with Crippen LogP contribution in [-0.2, 0) is 15.6 Å². The van der Waals surface area contributed by atoms with Gasteiger partial charge in [-0.15, -0.1) is 0 Å². The Bertz CT molecular complexity index is 902. The van der Waals surface area contributed by atoms with E-state index in [4.69, 9.17) is 9.47 Å². The van der Waals surface area contributed by atoms with Crippen molar-refractivity contribution in [2.24, 2.45) is 4.99 Å². The summed E-state index contributed by atoms with van der Waals surface area (Å²) >= 11 is 0. The molecule has 0 fully saturated rings. The summed E-state index contributed by atoms with van der Waals surface area (Å²) in [5.74, 6) is 2.16. The maximum absolute atomic E-state index is 12.3. The van der Waals surface area contributed by atoms with Crippen molar-refractivity contribution in [3.05, 3.63) is 60.2 Å². The predicted octanol–water partition coefficient (Wildman–Crippen LogP) is 2.63. The van der Waals surface area contributed by atoms with Crippen molar-refractivity contribution in [3.63, 3.8) is 0 Å². The van der Waals surface area contributed by atoms with Gasteiger partial charge in [-0.2, -0.15) is 0 Å². The first kappa shape index (κ1) is 23.5. The first-order valence-electron chi connectivity index (χ1n) is 9.92. The number of aliphatic imine (C=N–C) groups is 1. The number of guanidine groups is 1. The molecule has 0 aliphatic rings. The van der Waals surface area contributed by atoms with Gasteiger partial charge in [0.15, 0.2) is 27.3 Å². The lowest BCUT2D eigenvalue weighted by Gasteiger charge is -2.19. The SMILES string of the molecule is CN=C(NCCCS(=O)(=O)Cc1ccccc1)NCC(C)Oc1ccccc1OC. The maximum atomic E-state index is 12.3. The Labute approximate surface area is 179 Å². The average molecular weight is 434 g/mol. The summed E-state index contributed by atoms with van der Waals surface area (Å²) in [6, 6.07) is 16.7. The number of rotatable bonds is 11. The fourth-order valence-electron chi connectivity index (χ4n) is 2.83. The summed E-state index contributed by atoms with van der Waals surface area (Å²) in [5, 5.41) is 6.33. The lowest BCUT2D eigenvalue weighted by Crippen LogP contribution is -2.42. The number of sulfone groups is 1. The number of nitrogens with zero attached hydrogens (tertiary/aromatic N) is 1. The van der Waals surface area contributed by atoms with Crippen molar-refractivity contribution in [3.8, 4) is 11.5 Å². The molecule has 8 heteroatoms. The van der Waals surface area contributed by atoms with Crippen LogP contribution in [0.5, 0.6) is 11.5 Å². The average Bonchev–Trinajstić information content (AvgIpc) is 2.74. The predicted molar refractivity (Wildman–Crippen MR) is 121 cm³/mol. The Hall–Kier alpha value is -2.74. The van der Waals surface area contributed by atoms with E-state index >= 15 is 0 Å². The molecule has 0 aromatic heterocycles. The first-order valence-corrected chi connectivity index (χ1v) is 11.7. The standard InChI is InChI=1S/C22H31N3O4S/c1-18(29-21-13-8-7-12-20(21)28-3)16-25-22(23-2)24-14-9-15-30(26,27)17-19-10-5-4-6-11-19/h4-8,10-13,18H,9,14-17H2,1-3H3,(H2,23,24,25). The van der Waals surface area contributed by atoms with Crippen molar-refractivity contribution in [1.29, 1.82) is 0 Å². The van der Waals surface area contributed by atoms with E-state index in [-0.39, 0.29) is 17.6 Å². The molecule has 0 heterocycles. The van der Waals surface area contributed by atoms with Gasteiger partial charge in [0.25, 0.3) is 0 Å². The highest BCUT2D eigenvalue weighted by Gasteiger charge is 2.12. The number of nitrogens with one attached hydrogen (secondary N) is 2. The minimum absolute atomic E-state index is 0.0681. The van der Waals surface area contributed by atoms with Crippen LogP contribution in [0.1, 0.15) is 18.9 Å². The third-order valence-electron chi connectivity index (χ3n) is 4.33. The number of hydrogen-bond donors (Lipinski definition) is 2. The van der Waals surface area contributed by atoms with E-state index in [9.17, 15) is 8.42 Å². The van der Waals surface area contributed by atoms with Gasteiger partial charge in [0.2, 0.25) is 0 Å². The van der Waals surface area contributed by atoms with E-state index in [1.807, 2.05) is 61.5 Å². The number of hydrogen-bond acceptors (Lipinski definition) is 5. The molecule has 1 unspecified atom stereocenters. The maximum Gasteiger partial charge on any atom is 0.191 e. The molecule has 0 spiro atoms. The zero-order chi connectivity index (χ0) is 21.8. The van der Waals surface area contributed by atoms with Crippen LogP contribution < -0.4 is 20.1 Å². The summed E-state index contributed by atoms with van der Waals surface area (Å²) in [6.45, 7) is 2.99. The van der Waals surface area contributed by atoms with Gasteiger partial charge in [0, 0.05) is 13.6 Å². The lowest BCUT2D eigenvalue weighted by atomic mass is 10.2. The fraction of sp³-hybridized carbons (Fsp3) is 0.409. The molecular weight excluding hydrogens is 402 g/mol. The molecule has 30 heavy (non-hydrogen) atoms. The molecule has 2 N–H and O–H groups in total. The highest BCUT2D eigenvalue weighted by Crippen LogP contribution is 2.26. The van der Waals surface area contributed by atoms with Crippen LogP contribution in [0.15, 0.2) is 59.6 Å². The largest absolute Gasteiger partial charge is 0.493 e. The first-order chi connectivity index (χ1) is 14.4. The molecule has 1 atom stereocenters. The van der Waals surface area contributed by atoms with Crippen molar-refractivity contribution >= 4 is 15.8 Å². The second-order valence-corrected chi connectivity index (χ2v) is 9.07. The smallest absolute Gasteiger partial charge is 0.191 e. The summed E-state index contributed by atoms with van der Waals surface area (Å²) in [7, 11) is 0.144. The van der Waals surface area contributed by atoms with Gasteiger partial charge < -0.3 is 20.1 Å². The van der Waals surface area contributed by atoms with Crippen LogP contribution in [0.25, 0.3) is 0 Å². The second-order valence-electron chi connectivity index (χ2n) is 6.89. The molecule has 0 saturated heterocycles. The number of para-hydroxylation sites is 2. The third kappa shape index (κ3) is 8.32. The molecule has 2 aromatic carbocycles. The zero-order valence-electron chi connectivity index (χ0n) is 17.8. The highest BCUT2D eigenvalue weighted by molar-refractivity contribution is 7.90. The second kappa shape index (κ2) is 12.1. The van der Waals surface area contributed by atoms with Gasteiger partial charge in [0.05, 0.1) is 25.2 Å². The van der Waals surface area contributed by atoms with E-state index in [0.29, 0.717) is 37.0 Å². The third-order valence-corrected chi connectivity index (χ3v) is 6.02. The molecule has 0 bridgehead atoms. The minimum atomic E-state index is -3.14. The molecular formula is C22H31N3O4S. The van der Waals surface area contributed by atoms with Crippen molar-refractivity contribution in [1.82, 2.24) is 10.6 Å². The van der Waals surface area contributed by atoms with Crippen LogP contribution in [-0.4, -0.2) is 53.5 Å². The van der Waals surface area contributed by atoms with Crippen LogP contribution in [0.3, 0.4) is 0 Å². The molecule has 0 aliphatic heterocycles. The molecule has 0 radical (unpaired) electrons. The zero-order valence-corrected chi connectivity index (χ0v) is 18.6. The summed E-state index contributed by atoms with van der Waals surface area (Å²) < 4.78 is 35.7. The van der Waals surface area contributed by atoms with Gasteiger partial charge in [-0.25, -0.2) is 8.42 Å². The Morgan fingerprint density at radius 3 is 2.37 bits per heavy atom. The van der Waals surface area contributed by atoms with Gasteiger partial charge in [-0.3, -0.25) is 4.99 Å².